The van der Waals surface area contributed by atoms with E-state index in [2.05, 4.69) is 26.6 Å². The van der Waals surface area contributed by atoms with Crippen LogP contribution in [0.25, 0.3) is 0 Å². The van der Waals surface area contributed by atoms with E-state index in [9.17, 15) is 14.4 Å². The van der Waals surface area contributed by atoms with Gasteiger partial charge in [-0.15, -0.1) is 0 Å². The lowest BCUT2D eigenvalue weighted by Crippen LogP contribution is -2.50. The van der Waals surface area contributed by atoms with E-state index in [1.54, 1.807) is 0 Å². The number of ether oxygens (including phenoxy) is 1. The molecule has 22 heavy (non-hydrogen) atoms. The van der Waals surface area contributed by atoms with Crippen molar-refractivity contribution in [1.29, 1.82) is 0 Å². The molecular weight excluding hydrogens is 352 g/mol. The standard InChI is InChI=1S/C15H17BrN2O4/c1-22-15(21)12(8-9-4-2-3-5-10(9)16)18-14(20)11-6-7-13(19)17-11/h2-5,11-12H,6-8H2,1H3,(H,17,19)(H,18,20)/t11-,12-/m0/s1. The first-order chi connectivity index (χ1) is 10.5. The smallest absolute Gasteiger partial charge is 0.328 e. The molecule has 0 aliphatic carbocycles. The number of methoxy groups -OCH3 is 1. The van der Waals surface area contributed by atoms with Crippen LogP contribution in [0.15, 0.2) is 28.7 Å². The van der Waals surface area contributed by atoms with E-state index in [4.69, 9.17) is 4.74 Å². The molecule has 0 aromatic heterocycles. The van der Waals surface area contributed by atoms with Crippen LogP contribution in [-0.4, -0.2) is 37.0 Å². The third kappa shape index (κ3) is 4.07. The summed E-state index contributed by atoms with van der Waals surface area (Å²) in [5.74, 6) is -1.04. The maximum atomic E-state index is 12.2. The normalized spacial score (nSPS) is 18.5. The summed E-state index contributed by atoms with van der Waals surface area (Å²) in [4.78, 5) is 35.2. The van der Waals surface area contributed by atoms with Gasteiger partial charge in [0.15, 0.2) is 0 Å². The van der Waals surface area contributed by atoms with Crippen molar-refractivity contribution in [2.45, 2.75) is 31.3 Å². The summed E-state index contributed by atoms with van der Waals surface area (Å²) in [6, 6.07) is 6.07. The van der Waals surface area contributed by atoms with Gasteiger partial charge in [0, 0.05) is 17.3 Å². The molecule has 2 rings (SSSR count). The minimum Gasteiger partial charge on any atom is -0.467 e. The number of amides is 2. The van der Waals surface area contributed by atoms with Crippen molar-refractivity contribution < 1.29 is 19.1 Å². The van der Waals surface area contributed by atoms with Gasteiger partial charge in [-0.1, -0.05) is 34.1 Å². The Balaban J connectivity index is 2.06. The van der Waals surface area contributed by atoms with Crippen molar-refractivity contribution in [2.75, 3.05) is 7.11 Å². The number of esters is 1. The fourth-order valence-corrected chi connectivity index (χ4v) is 2.75. The minimum absolute atomic E-state index is 0.152. The third-order valence-corrected chi connectivity index (χ3v) is 4.27. The number of hydrogen-bond acceptors (Lipinski definition) is 4. The van der Waals surface area contributed by atoms with Crippen molar-refractivity contribution in [3.8, 4) is 0 Å². The Kier molecular flexibility index (Phi) is 5.54. The Bertz CT molecular complexity index is 591. The second-order valence-corrected chi connectivity index (χ2v) is 5.89. The van der Waals surface area contributed by atoms with Gasteiger partial charge < -0.3 is 15.4 Å². The van der Waals surface area contributed by atoms with Crippen LogP contribution in [-0.2, 0) is 25.5 Å². The molecule has 7 heteroatoms. The first kappa shape index (κ1) is 16.5. The summed E-state index contributed by atoms with van der Waals surface area (Å²) >= 11 is 3.41. The van der Waals surface area contributed by atoms with Crippen LogP contribution in [0.3, 0.4) is 0 Å². The van der Waals surface area contributed by atoms with Crippen LogP contribution in [0.2, 0.25) is 0 Å². The first-order valence-corrected chi connectivity index (χ1v) is 7.71. The number of carbonyl (C=O) groups excluding carboxylic acids is 3. The average Bonchev–Trinajstić information content (AvgIpc) is 2.94. The molecule has 1 aliphatic heterocycles. The molecule has 118 valence electrons. The topological polar surface area (TPSA) is 84.5 Å². The van der Waals surface area contributed by atoms with Gasteiger partial charge in [0.05, 0.1) is 7.11 Å². The van der Waals surface area contributed by atoms with Crippen LogP contribution in [0.5, 0.6) is 0 Å². The molecule has 2 atom stereocenters. The highest BCUT2D eigenvalue weighted by Gasteiger charge is 2.31. The van der Waals surface area contributed by atoms with Gasteiger partial charge >= 0.3 is 5.97 Å². The van der Waals surface area contributed by atoms with Gasteiger partial charge in [-0.2, -0.15) is 0 Å². The minimum atomic E-state index is -0.797. The molecule has 6 nitrogen and oxygen atoms in total. The Morgan fingerprint density at radius 3 is 2.77 bits per heavy atom. The Labute approximate surface area is 136 Å². The number of halogens is 1. The molecule has 0 saturated carbocycles. The summed E-state index contributed by atoms with van der Waals surface area (Å²) in [5.41, 5.74) is 0.883. The summed E-state index contributed by atoms with van der Waals surface area (Å²) in [6.07, 6.45) is 1.07. The van der Waals surface area contributed by atoms with Crippen molar-refractivity contribution >= 4 is 33.7 Å². The van der Waals surface area contributed by atoms with E-state index < -0.39 is 18.1 Å². The lowest BCUT2D eigenvalue weighted by Gasteiger charge is -2.19. The molecule has 2 amide bonds. The Hall–Kier alpha value is -1.89. The van der Waals surface area contributed by atoms with E-state index in [0.717, 1.165) is 10.0 Å². The highest BCUT2D eigenvalue weighted by atomic mass is 79.9. The molecule has 1 aromatic rings. The van der Waals surface area contributed by atoms with E-state index >= 15 is 0 Å². The lowest BCUT2D eigenvalue weighted by molar-refractivity contribution is -0.145. The van der Waals surface area contributed by atoms with Crippen LogP contribution in [0, 0.1) is 0 Å². The molecule has 1 fully saturated rings. The second kappa shape index (κ2) is 7.40. The predicted octanol–water partition coefficient (Wildman–Crippen LogP) is 0.928. The van der Waals surface area contributed by atoms with Crippen molar-refractivity contribution in [1.82, 2.24) is 10.6 Å². The van der Waals surface area contributed by atoms with Crippen LogP contribution in [0.1, 0.15) is 18.4 Å². The second-order valence-electron chi connectivity index (χ2n) is 5.04. The summed E-state index contributed by atoms with van der Waals surface area (Å²) < 4.78 is 5.61. The maximum Gasteiger partial charge on any atom is 0.328 e. The van der Waals surface area contributed by atoms with Gasteiger partial charge in [0.1, 0.15) is 12.1 Å². The average molecular weight is 369 g/mol. The van der Waals surface area contributed by atoms with Crippen LogP contribution < -0.4 is 10.6 Å². The summed E-state index contributed by atoms with van der Waals surface area (Å²) in [6.45, 7) is 0. The number of rotatable bonds is 5. The lowest BCUT2D eigenvalue weighted by atomic mass is 10.1. The number of benzene rings is 1. The predicted molar refractivity (Wildman–Crippen MR) is 83.0 cm³/mol. The zero-order valence-electron chi connectivity index (χ0n) is 12.1. The van der Waals surface area contributed by atoms with Gasteiger partial charge in [-0.3, -0.25) is 9.59 Å². The number of carbonyl (C=O) groups is 3. The Morgan fingerprint density at radius 1 is 1.45 bits per heavy atom. The molecule has 2 N–H and O–H groups in total. The fourth-order valence-electron chi connectivity index (χ4n) is 2.30. The first-order valence-electron chi connectivity index (χ1n) is 6.92. The maximum absolute atomic E-state index is 12.2. The van der Waals surface area contributed by atoms with Crippen molar-refractivity contribution in [3.05, 3.63) is 34.3 Å². The van der Waals surface area contributed by atoms with Crippen molar-refractivity contribution in [2.24, 2.45) is 0 Å². The summed E-state index contributed by atoms with van der Waals surface area (Å²) in [7, 11) is 1.28. The highest BCUT2D eigenvalue weighted by molar-refractivity contribution is 9.10. The molecule has 0 bridgehead atoms. The molecule has 1 aliphatic rings. The number of nitrogens with one attached hydrogen (secondary N) is 2. The van der Waals surface area contributed by atoms with E-state index in [1.165, 1.54) is 7.11 Å². The summed E-state index contributed by atoms with van der Waals surface area (Å²) in [5, 5.41) is 5.24. The number of hydrogen-bond donors (Lipinski definition) is 2. The molecule has 1 heterocycles. The van der Waals surface area contributed by atoms with Gasteiger partial charge in [-0.25, -0.2) is 4.79 Å². The molecule has 0 spiro atoms. The zero-order chi connectivity index (χ0) is 16.1. The van der Waals surface area contributed by atoms with Gasteiger partial charge in [0.2, 0.25) is 11.8 Å². The largest absolute Gasteiger partial charge is 0.467 e. The molecular formula is C15H17BrN2O4. The Morgan fingerprint density at radius 2 is 2.18 bits per heavy atom. The fraction of sp³-hybridized carbons (Fsp3) is 0.400. The SMILES string of the molecule is COC(=O)[C@H](Cc1ccccc1Br)NC(=O)[C@@H]1CCC(=O)N1. The molecule has 0 unspecified atom stereocenters. The van der Waals surface area contributed by atoms with Gasteiger partial charge in [0.25, 0.3) is 0 Å². The van der Waals surface area contributed by atoms with E-state index in [1.807, 2.05) is 24.3 Å². The van der Waals surface area contributed by atoms with Crippen LogP contribution >= 0.6 is 15.9 Å². The third-order valence-electron chi connectivity index (χ3n) is 3.50. The highest BCUT2D eigenvalue weighted by Crippen LogP contribution is 2.18. The van der Waals surface area contributed by atoms with E-state index in [-0.39, 0.29) is 11.8 Å². The monoisotopic (exact) mass is 368 g/mol. The molecule has 1 aromatic carbocycles. The van der Waals surface area contributed by atoms with E-state index in [0.29, 0.717) is 19.3 Å². The molecule has 1 saturated heterocycles. The molecule has 0 radical (unpaired) electrons. The zero-order valence-corrected chi connectivity index (χ0v) is 13.7. The van der Waals surface area contributed by atoms with Crippen molar-refractivity contribution in [3.63, 3.8) is 0 Å². The quantitative estimate of drug-likeness (QED) is 0.757. The van der Waals surface area contributed by atoms with Gasteiger partial charge in [-0.05, 0) is 18.1 Å². The van der Waals surface area contributed by atoms with Crippen LogP contribution in [0.4, 0.5) is 0 Å².